The quantitative estimate of drug-likeness (QED) is 0.338. The van der Waals surface area contributed by atoms with Crippen molar-refractivity contribution in [3.05, 3.63) is 29.8 Å². The van der Waals surface area contributed by atoms with Gasteiger partial charge >= 0.3 is 17.9 Å². The number of esters is 3. The van der Waals surface area contributed by atoms with Crippen LogP contribution in [-0.2, 0) is 47.6 Å². The van der Waals surface area contributed by atoms with E-state index in [4.69, 9.17) is 23.1 Å². The van der Waals surface area contributed by atoms with E-state index in [2.05, 4.69) is 0 Å². The van der Waals surface area contributed by atoms with Crippen LogP contribution < -0.4 is 0 Å². The number of aryl methyl sites for hydroxylation is 1. The molecule has 1 aromatic carbocycles. The Morgan fingerprint density at radius 2 is 1.39 bits per heavy atom. The number of ether oxygens (including phenoxy) is 4. The predicted molar refractivity (Wildman–Crippen MR) is 102 cm³/mol. The highest BCUT2D eigenvalue weighted by Crippen LogP contribution is 2.29. The summed E-state index contributed by atoms with van der Waals surface area (Å²) in [5.41, 5.74) is 0.841. The van der Waals surface area contributed by atoms with Crippen molar-refractivity contribution in [1.82, 2.24) is 0 Å². The summed E-state index contributed by atoms with van der Waals surface area (Å²) in [6, 6.07) is 5.87. The average molecular weight is 460 g/mol. The Balaban J connectivity index is 2.29. The first-order chi connectivity index (χ1) is 14.4. The number of carbonyl (C=O) groups excluding carboxylic acids is 3. The summed E-state index contributed by atoms with van der Waals surface area (Å²) in [5.74, 6) is -2.45. The topological polar surface area (TPSA) is 152 Å². The normalized spacial score (nSPS) is 26.0. The van der Waals surface area contributed by atoms with Gasteiger partial charge in [-0.25, -0.2) is 0 Å². The van der Waals surface area contributed by atoms with Gasteiger partial charge in [-0.1, -0.05) is 17.7 Å². The van der Waals surface area contributed by atoms with Gasteiger partial charge < -0.3 is 24.1 Å². The van der Waals surface area contributed by atoms with Crippen molar-refractivity contribution < 1.29 is 51.0 Å². The smallest absolute Gasteiger partial charge is 0.303 e. The largest absolute Gasteiger partial charge is 0.456 e. The highest BCUT2D eigenvalue weighted by Gasteiger charge is 2.51. The molecule has 1 aliphatic heterocycles. The second kappa shape index (κ2) is 10.2. The number of hydrogen-bond acceptors (Lipinski definition) is 11. The monoisotopic (exact) mass is 460 g/mol. The number of rotatable bonds is 7. The molecule has 1 N–H and O–H groups in total. The minimum atomic E-state index is -4.21. The van der Waals surface area contributed by atoms with Crippen molar-refractivity contribution in [2.45, 2.75) is 63.3 Å². The third kappa shape index (κ3) is 6.72. The van der Waals surface area contributed by atoms with E-state index < -0.39 is 65.3 Å². The van der Waals surface area contributed by atoms with Gasteiger partial charge in [0.15, 0.2) is 24.6 Å². The maximum Gasteiger partial charge on any atom is 0.303 e. The van der Waals surface area contributed by atoms with Gasteiger partial charge in [-0.2, -0.15) is 8.42 Å². The average Bonchev–Trinajstić information content (AvgIpc) is 2.65. The van der Waals surface area contributed by atoms with Crippen LogP contribution in [0.4, 0.5) is 0 Å². The zero-order valence-corrected chi connectivity index (χ0v) is 18.2. The highest BCUT2D eigenvalue weighted by atomic mass is 32.2. The van der Waals surface area contributed by atoms with E-state index in [1.807, 2.05) is 0 Å². The van der Waals surface area contributed by atoms with Gasteiger partial charge in [-0.05, 0) is 19.1 Å². The SMILES string of the molecule is CC(=O)OC1C(O)OC(COS(=O)(=O)c2ccc(C)cc2)C(OC(C)=O)C1OC(C)=O. The number of carbonyl (C=O) groups is 3. The minimum Gasteiger partial charge on any atom is -0.456 e. The molecule has 172 valence electrons. The van der Waals surface area contributed by atoms with E-state index >= 15 is 0 Å². The molecule has 5 unspecified atom stereocenters. The van der Waals surface area contributed by atoms with Crippen LogP contribution in [0.1, 0.15) is 26.3 Å². The molecule has 0 amide bonds. The molecule has 1 saturated heterocycles. The zero-order chi connectivity index (χ0) is 23.3. The third-order valence-electron chi connectivity index (χ3n) is 4.21. The molecular weight excluding hydrogens is 436 g/mol. The fourth-order valence-electron chi connectivity index (χ4n) is 2.94. The van der Waals surface area contributed by atoms with Gasteiger partial charge in [0.05, 0.1) is 11.5 Å². The summed E-state index contributed by atoms with van der Waals surface area (Å²) < 4.78 is 50.5. The Labute approximate surface area is 179 Å². The first kappa shape index (κ1) is 24.7. The molecule has 2 rings (SSSR count). The van der Waals surface area contributed by atoms with Crippen molar-refractivity contribution in [1.29, 1.82) is 0 Å². The predicted octanol–water partition coefficient (Wildman–Crippen LogP) is 0.213. The van der Waals surface area contributed by atoms with Gasteiger partial charge in [0.1, 0.15) is 6.10 Å². The first-order valence-corrected chi connectivity index (χ1v) is 10.6. The fraction of sp³-hybridized carbons (Fsp3) is 0.526. The molecule has 1 fully saturated rings. The Kier molecular flexibility index (Phi) is 8.12. The van der Waals surface area contributed by atoms with Gasteiger partial charge in [-0.3, -0.25) is 18.6 Å². The minimum absolute atomic E-state index is 0.118. The van der Waals surface area contributed by atoms with Crippen LogP contribution >= 0.6 is 0 Å². The zero-order valence-electron chi connectivity index (χ0n) is 17.3. The van der Waals surface area contributed by atoms with Crippen LogP contribution in [-0.4, -0.2) is 68.7 Å². The van der Waals surface area contributed by atoms with Crippen LogP contribution in [0.3, 0.4) is 0 Å². The highest BCUT2D eigenvalue weighted by molar-refractivity contribution is 7.86. The second-order valence-electron chi connectivity index (χ2n) is 6.84. The van der Waals surface area contributed by atoms with Gasteiger partial charge in [0.25, 0.3) is 10.1 Å². The number of aliphatic hydroxyl groups is 1. The first-order valence-electron chi connectivity index (χ1n) is 9.22. The molecule has 1 aromatic rings. The van der Waals surface area contributed by atoms with Crippen molar-refractivity contribution in [3.63, 3.8) is 0 Å². The third-order valence-corrected chi connectivity index (χ3v) is 5.51. The van der Waals surface area contributed by atoms with Crippen LogP contribution in [0.5, 0.6) is 0 Å². The number of benzene rings is 1. The Morgan fingerprint density at radius 1 is 0.903 bits per heavy atom. The maximum atomic E-state index is 12.5. The molecule has 5 atom stereocenters. The molecule has 0 spiro atoms. The van der Waals surface area contributed by atoms with Crippen LogP contribution in [0.25, 0.3) is 0 Å². The summed E-state index contributed by atoms with van der Waals surface area (Å²) in [4.78, 5) is 34.4. The summed E-state index contributed by atoms with van der Waals surface area (Å²) in [7, 11) is -4.21. The summed E-state index contributed by atoms with van der Waals surface area (Å²) in [6.45, 7) is 4.28. The summed E-state index contributed by atoms with van der Waals surface area (Å²) >= 11 is 0. The number of hydrogen-bond donors (Lipinski definition) is 1. The molecule has 0 bridgehead atoms. The Morgan fingerprint density at radius 3 is 1.90 bits per heavy atom. The lowest BCUT2D eigenvalue weighted by Crippen LogP contribution is -2.62. The van der Waals surface area contributed by atoms with Crippen molar-refractivity contribution >= 4 is 28.0 Å². The van der Waals surface area contributed by atoms with Crippen molar-refractivity contribution in [2.75, 3.05) is 6.61 Å². The van der Waals surface area contributed by atoms with E-state index in [0.717, 1.165) is 26.3 Å². The van der Waals surface area contributed by atoms with Gasteiger partial charge in [0, 0.05) is 20.8 Å². The lowest BCUT2D eigenvalue weighted by molar-refractivity contribution is -0.294. The molecule has 11 nitrogen and oxygen atoms in total. The maximum absolute atomic E-state index is 12.5. The van der Waals surface area contributed by atoms with Gasteiger partial charge in [-0.15, -0.1) is 0 Å². The number of aliphatic hydroxyl groups excluding tert-OH is 1. The molecule has 1 aliphatic rings. The Bertz CT molecular complexity index is 909. The van der Waals surface area contributed by atoms with Crippen molar-refractivity contribution in [2.24, 2.45) is 0 Å². The van der Waals surface area contributed by atoms with Gasteiger partial charge in [0.2, 0.25) is 0 Å². The van der Waals surface area contributed by atoms with Crippen molar-refractivity contribution in [3.8, 4) is 0 Å². The molecule has 0 saturated carbocycles. The van der Waals surface area contributed by atoms with Crippen LogP contribution in [0.15, 0.2) is 29.2 Å². The Hall–Kier alpha value is -2.54. The molecule has 0 aromatic heterocycles. The van der Waals surface area contributed by atoms with E-state index in [-0.39, 0.29) is 4.90 Å². The van der Waals surface area contributed by atoms with E-state index in [1.165, 1.54) is 12.1 Å². The van der Waals surface area contributed by atoms with Crippen LogP contribution in [0.2, 0.25) is 0 Å². The van der Waals surface area contributed by atoms with E-state index in [0.29, 0.717) is 0 Å². The standard InChI is InChI=1S/C19H24O11S/c1-10-5-7-14(8-6-10)31(24,25)26-9-15-16(27-11(2)20)17(28-12(3)21)18(19(23)30-15)29-13(4)22/h5-8,15-19,23H,9H2,1-4H3. The fourth-order valence-corrected chi connectivity index (χ4v) is 3.85. The molecule has 1 heterocycles. The molecule has 0 aliphatic carbocycles. The lowest BCUT2D eigenvalue weighted by Gasteiger charge is -2.42. The summed E-state index contributed by atoms with van der Waals surface area (Å²) in [6.07, 6.45) is -7.59. The second-order valence-corrected chi connectivity index (χ2v) is 8.45. The van der Waals surface area contributed by atoms with E-state index in [9.17, 15) is 27.9 Å². The van der Waals surface area contributed by atoms with E-state index in [1.54, 1.807) is 19.1 Å². The molecule has 31 heavy (non-hydrogen) atoms. The molecule has 0 radical (unpaired) electrons. The molecular formula is C19H24O11S. The molecule has 12 heteroatoms. The summed E-state index contributed by atoms with van der Waals surface area (Å²) in [5, 5.41) is 10.3. The van der Waals surface area contributed by atoms with Crippen LogP contribution in [0, 0.1) is 6.92 Å². The lowest BCUT2D eigenvalue weighted by atomic mass is 9.98.